The average Bonchev–Trinajstić information content (AvgIpc) is 2.78. The molecule has 0 fully saturated rings. The number of hydrogen-bond acceptors (Lipinski definition) is 4. The third kappa shape index (κ3) is 4.70. The fraction of sp³-hybridized carbons (Fsp3) is 0.0800. The van der Waals surface area contributed by atoms with Gasteiger partial charge in [-0.15, -0.1) is 0 Å². The molecule has 4 rings (SSSR count). The Balaban J connectivity index is 1.62. The molecule has 4 aromatic rings. The molecular formula is C25H22N4O. The first-order valence-electron chi connectivity index (χ1n) is 9.76. The lowest BCUT2D eigenvalue weighted by Crippen LogP contribution is -2.31. The number of rotatable bonds is 6. The molecule has 0 atom stereocenters. The average molecular weight is 394 g/mol. The molecular weight excluding hydrogens is 372 g/mol. The van der Waals surface area contributed by atoms with Gasteiger partial charge in [-0.05, 0) is 48.4 Å². The van der Waals surface area contributed by atoms with Crippen LogP contribution in [0.2, 0.25) is 0 Å². The van der Waals surface area contributed by atoms with Crippen molar-refractivity contribution in [2.45, 2.75) is 13.5 Å². The van der Waals surface area contributed by atoms with Crippen LogP contribution in [0.1, 0.15) is 21.6 Å². The first-order valence-corrected chi connectivity index (χ1v) is 9.76. The summed E-state index contributed by atoms with van der Waals surface area (Å²) in [6.45, 7) is 2.47. The van der Waals surface area contributed by atoms with Crippen LogP contribution in [-0.2, 0) is 6.54 Å². The minimum Gasteiger partial charge on any atom is -0.324 e. The molecule has 0 bridgehead atoms. The van der Waals surface area contributed by atoms with E-state index in [9.17, 15) is 4.79 Å². The number of carbonyl (C=O) groups is 1. The minimum absolute atomic E-state index is 0.181. The van der Waals surface area contributed by atoms with Crippen molar-refractivity contribution in [3.8, 4) is 0 Å². The number of aryl methyl sites for hydroxylation is 1. The number of para-hydroxylation sites is 1. The van der Waals surface area contributed by atoms with E-state index in [0.29, 0.717) is 18.2 Å². The summed E-state index contributed by atoms with van der Waals surface area (Å²) in [5, 5.41) is 3.18. The molecule has 0 radical (unpaired) electrons. The van der Waals surface area contributed by atoms with E-state index in [1.54, 1.807) is 17.2 Å². The van der Waals surface area contributed by atoms with E-state index in [4.69, 9.17) is 0 Å². The summed E-state index contributed by atoms with van der Waals surface area (Å²) < 4.78 is 0. The van der Waals surface area contributed by atoms with E-state index in [1.807, 2.05) is 91.9 Å². The van der Waals surface area contributed by atoms with Crippen LogP contribution in [0.25, 0.3) is 0 Å². The number of hydrogen-bond donors (Lipinski definition) is 1. The van der Waals surface area contributed by atoms with Gasteiger partial charge < -0.3 is 10.2 Å². The van der Waals surface area contributed by atoms with Gasteiger partial charge in [0.25, 0.3) is 5.91 Å². The quantitative estimate of drug-likeness (QED) is 0.477. The predicted octanol–water partition coefficient (Wildman–Crippen LogP) is 5.38. The molecule has 30 heavy (non-hydrogen) atoms. The third-order valence-corrected chi connectivity index (χ3v) is 4.65. The van der Waals surface area contributed by atoms with E-state index in [0.717, 1.165) is 22.5 Å². The SMILES string of the molecule is Cc1cccc(Nc2nccc(C(=O)N(Cc3ccccc3)c3ccccc3)n2)c1. The molecule has 3 aromatic carbocycles. The standard InChI is InChI=1S/C25H22N4O/c1-19-9-8-12-21(17-19)27-25-26-16-15-23(28-25)24(30)29(22-13-6-3-7-14-22)18-20-10-4-2-5-11-20/h2-17H,18H2,1H3,(H,26,27,28). The van der Waals surface area contributed by atoms with Gasteiger partial charge >= 0.3 is 0 Å². The van der Waals surface area contributed by atoms with Gasteiger partial charge in [-0.2, -0.15) is 0 Å². The summed E-state index contributed by atoms with van der Waals surface area (Å²) in [6.07, 6.45) is 1.60. The third-order valence-electron chi connectivity index (χ3n) is 4.65. The zero-order chi connectivity index (χ0) is 20.8. The highest BCUT2D eigenvalue weighted by Crippen LogP contribution is 2.20. The molecule has 5 nitrogen and oxygen atoms in total. The van der Waals surface area contributed by atoms with Crippen LogP contribution in [-0.4, -0.2) is 15.9 Å². The maximum atomic E-state index is 13.4. The number of aromatic nitrogens is 2. The van der Waals surface area contributed by atoms with Crippen molar-refractivity contribution in [3.05, 3.63) is 114 Å². The Morgan fingerprint density at radius 2 is 1.63 bits per heavy atom. The molecule has 1 aromatic heterocycles. The van der Waals surface area contributed by atoms with Crippen molar-refractivity contribution in [1.82, 2.24) is 9.97 Å². The molecule has 1 N–H and O–H groups in total. The van der Waals surface area contributed by atoms with E-state index >= 15 is 0 Å². The number of carbonyl (C=O) groups excluding carboxylic acids is 1. The molecule has 0 aliphatic carbocycles. The Hall–Kier alpha value is -3.99. The number of anilines is 3. The molecule has 1 heterocycles. The van der Waals surface area contributed by atoms with Gasteiger partial charge in [0.15, 0.2) is 0 Å². The molecule has 0 spiro atoms. The molecule has 1 amide bonds. The molecule has 0 aliphatic heterocycles. The zero-order valence-corrected chi connectivity index (χ0v) is 16.7. The van der Waals surface area contributed by atoms with Gasteiger partial charge in [-0.3, -0.25) is 4.79 Å². The molecule has 0 saturated carbocycles. The highest BCUT2D eigenvalue weighted by atomic mass is 16.2. The van der Waals surface area contributed by atoms with E-state index in [1.165, 1.54) is 0 Å². The lowest BCUT2D eigenvalue weighted by molar-refractivity contribution is 0.0980. The zero-order valence-electron chi connectivity index (χ0n) is 16.7. The Labute approximate surface area is 176 Å². The highest BCUT2D eigenvalue weighted by molar-refractivity contribution is 6.04. The van der Waals surface area contributed by atoms with Gasteiger partial charge in [0, 0.05) is 17.6 Å². The number of amides is 1. The van der Waals surface area contributed by atoms with Gasteiger partial charge in [0.05, 0.1) is 6.54 Å². The molecule has 0 unspecified atom stereocenters. The van der Waals surface area contributed by atoms with E-state index < -0.39 is 0 Å². The van der Waals surface area contributed by atoms with Crippen LogP contribution in [0, 0.1) is 6.92 Å². The minimum atomic E-state index is -0.181. The smallest absolute Gasteiger partial charge is 0.277 e. The Bertz CT molecular complexity index is 1130. The maximum Gasteiger partial charge on any atom is 0.277 e. The second kappa shape index (κ2) is 9.01. The van der Waals surface area contributed by atoms with E-state index in [2.05, 4.69) is 15.3 Å². The summed E-state index contributed by atoms with van der Waals surface area (Å²) in [6, 6.07) is 29.1. The monoisotopic (exact) mass is 394 g/mol. The van der Waals surface area contributed by atoms with Crippen molar-refractivity contribution in [2.75, 3.05) is 10.2 Å². The fourth-order valence-corrected chi connectivity index (χ4v) is 3.18. The van der Waals surface area contributed by atoms with Gasteiger partial charge in [0.1, 0.15) is 5.69 Å². The fourth-order valence-electron chi connectivity index (χ4n) is 3.18. The van der Waals surface area contributed by atoms with E-state index in [-0.39, 0.29) is 5.91 Å². The van der Waals surface area contributed by atoms with Crippen LogP contribution in [0.3, 0.4) is 0 Å². The first kappa shape index (κ1) is 19.3. The maximum absolute atomic E-state index is 13.4. The van der Waals surface area contributed by atoms with Crippen molar-refractivity contribution < 1.29 is 4.79 Å². The lowest BCUT2D eigenvalue weighted by atomic mass is 10.2. The molecule has 0 aliphatic rings. The van der Waals surface area contributed by atoms with Crippen LogP contribution in [0.4, 0.5) is 17.3 Å². The second-order valence-corrected chi connectivity index (χ2v) is 6.97. The highest BCUT2D eigenvalue weighted by Gasteiger charge is 2.20. The van der Waals surface area contributed by atoms with Crippen LogP contribution >= 0.6 is 0 Å². The van der Waals surface area contributed by atoms with Crippen molar-refractivity contribution >= 4 is 23.2 Å². The van der Waals surface area contributed by atoms with Crippen LogP contribution in [0.15, 0.2) is 97.2 Å². The van der Waals surface area contributed by atoms with Gasteiger partial charge in [-0.25, -0.2) is 9.97 Å². The first-order chi connectivity index (χ1) is 14.7. The predicted molar refractivity (Wildman–Crippen MR) is 120 cm³/mol. The molecule has 148 valence electrons. The summed E-state index contributed by atoms with van der Waals surface area (Å²) in [5.41, 5.74) is 4.20. The Morgan fingerprint density at radius 3 is 2.37 bits per heavy atom. The largest absolute Gasteiger partial charge is 0.324 e. The summed E-state index contributed by atoms with van der Waals surface area (Å²) in [4.78, 5) is 23.9. The Kier molecular flexibility index (Phi) is 5.80. The summed E-state index contributed by atoms with van der Waals surface area (Å²) >= 11 is 0. The molecule has 5 heteroatoms. The molecule has 0 saturated heterocycles. The number of nitrogens with zero attached hydrogens (tertiary/aromatic N) is 3. The van der Waals surface area contributed by atoms with Crippen LogP contribution < -0.4 is 10.2 Å². The topological polar surface area (TPSA) is 58.1 Å². The van der Waals surface area contributed by atoms with Crippen molar-refractivity contribution in [2.24, 2.45) is 0 Å². The number of benzene rings is 3. The van der Waals surface area contributed by atoms with Gasteiger partial charge in [0.2, 0.25) is 5.95 Å². The summed E-state index contributed by atoms with van der Waals surface area (Å²) in [7, 11) is 0. The lowest BCUT2D eigenvalue weighted by Gasteiger charge is -2.23. The summed E-state index contributed by atoms with van der Waals surface area (Å²) in [5.74, 6) is 0.207. The van der Waals surface area contributed by atoms with Crippen LogP contribution in [0.5, 0.6) is 0 Å². The second-order valence-electron chi connectivity index (χ2n) is 6.97. The number of nitrogens with one attached hydrogen (secondary N) is 1. The normalized spacial score (nSPS) is 10.4. The van der Waals surface area contributed by atoms with Gasteiger partial charge in [-0.1, -0.05) is 60.7 Å². The van der Waals surface area contributed by atoms with Crippen molar-refractivity contribution in [3.63, 3.8) is 0 Å². The van der Waals surface area contributed by atoms with Crippen molar-refractivity contribution in [1.29, 1.82) is 0 Å². The Morgan fingerprint density at radius 1 is 0.900 bits per heavy atom.